The third kappa shape index (κ3) is 9.28. The van der Waals surface area contributed by atoms with Crippen LogP contribution >= 0.6 is 0 Å². The van der Waals surface area contributed by atoms with E-state index in [1.165, 1.54) is 60.7 Å². The van der Waals surface area contributed by atoms with Crippen LogP contribution in [-0.2, 0) is 9.59 Å². The molecule has 0 aromatic heterocycles. The van der Waals surface area contributed by atoms with Gasteiger partial charge in [-0.15, -0.1) is 0 Å². The summed E-state index contributed by atoms with van der Waals surface area (Å²) in [6, 6.07) is 8.19. The Morgan fingerprint density at radius 1 is 0.655 bits per heavy atom. The van der Waals surface area contributed by atoms with E-state index in [0.29, 0.717) is 11.1 Å². The van der Waals surface area contributed by atoms with Crippen LogP contribution in [0.25, 0.3) is 12.2 Å². The van der Waals surface area contributed by atoms with E-state index in [-0.39, 0.29) is 29.4 Å². The smallest absolute Gasteiger partial charge is 0.163 e. The van der Waals surface area contributed by atoms with Gasteiger partial charge in [0, 0.05) is 0 Å². The maximum atomic E-state index is 11.8. The van der Waals surface area contributed by atoms with Crippen LogP contribution in [0.5, 0.6) is 23.0 Å². The second-order valence-electron chi connectivity index (χ2n) is 5.27. The average molecular weight is 400 g/mol. The fourth-order valence-electron chi connectivity index (χ4n) is 1.96. The first-order chi connectivity index (χ1) is 13.8. The number of hydrogen-bond acceptors (Lipinski definition) is 6. The SMILES string of the molecule is CC.CC.O=C(/C=C/c1ccc(O)c(O)c1)CC(=O)/C=C/c1ccc(O)c(O)c1. The van der Waals surface area contributed by atoms with Crippen molar-refractivity contribution in [2.45, 2.75) is 34.1 Å². The molecule has 2 rings (SSSR count). The molecular formula is C23H28O6. The number of benzene rings is 2. The molecule has 0 atom stereocenters. The summed E-state index contributed by atoms with van der Waals surface area (Å²) in [6.45, 7) is 8.00. The third-order valence-corrected chi connectivity index (χ3v) is 3.27. The molecule has 4 N–H and O–H groups in total. The Balaban J connectivity index is 0.00000184. The number of allylic oxidation sites excluding steroid dienone is 2. The fraction of sp³-hybridized carbons (Fsp3) is 0.217. The standard InChI is InChI=1S/C19H16O6.2C2H6/c20-14(5-1-12-3-7-16(22)18(24)9-12)11-15(21)6-2-13-4-8-17(23)19(25)10-13;2*1-2/h1-10,22-25H,11H2;2*1-2H3/b5-1+,6-2+;;. The Hall–Kier alpha value is -3.54. The first kappa shape index (κ1) is 25.5. The second kappa shape index (κ2) is 13.6. The highest BCUT2D eigenvalue weighted by molar-refractivity contribution is 6.10. The van der Waals surface area contributed by atoms with Crippen molar-refractivity contribution in [1.29, 1.82) is 0 Å². The molecule has 6 nitrogen and oxygen atoms in total. The molecule has 0 unspecified atom stereocenters. The summed E-state index contributed by atoms with van der Waals surface area (Å²) in [7, 11) is 0. The predicted molar refractivity (Wildman–Crippen MR) is 115 cm³/mol. The molecule has 0 heterocycles. The lowest BCUT2D eigenvalue weighted by Gasteiger charge is -1.99. The maximum absolute atomic E-state index is 11.8. The maximum Gasteiger partial charge on any atom is 0.163 e. The number of phenolic OH excluding ortho intramolecular Hbond substituents is 4. The minimum absolute atomic E-state index is 0.260. The highest BCUT2D eigenvalue weighted by Crippen LogP contribution is 2.26. The lowest BCUT2D eigenvalue weighted by molar-refractivity contribution is -0.121. The minimum Gasteiger partial charge on any atom is -0.504 e. The molecule has 2 aromatic carbocycles. The van der Waals surface area contributed by atoms with E-state index in [9.17, 15) is 30.0 Å². The van der Waals surface area contributed by atoms with Gasteiger partial charge in [-0.3, -0.25) is 9.59 Å². The van der Waals surface area contributed by atoms with Crippen LogP contribution in [-0.4, -0.2) is 32.0 Å². The molecule has 6 heteroatoms. The molecule has 0 spiro atoms. The number of rotatable bonds is 6. The van der Waals surface area contributed by atoms with Gasteiger partial charge >= 0.3 is 0 Å². The number of ketones is 2. The van der Waals surface area contributed by atoms with Crippen LogP contribution in [0.3, 0.4) is 0 Å². The number of phenols is 4. The Kier molecular flexibility index (Phi) is 11.9. The molecule has 0 bridgehead atoms. The average Bonchev–Trinajstić information content (AvgIpc) is 2.73. The van der Waals surface area contributed by atoms with Crippen LogP contribution in [0, 0.1) is 0 Å². The van der Waals surface area contributed by atoms with Gasteiger partial charge in [0.1, 0.15) is 0 Å². The van der Waals surface area contributed by atoms with Crippen LogP contribution in [0.2, 0.25) is 0 Å². The predicted octanol–water partition coefficient (Wildman–Crippen LogP) is 4.82. The molecule has 0 fully saturated rings. The summed E-state index contributed by atoms with van der Waals surface area (Å²) in [5.74, 6) is -1.96. The zero-order valence-electron chi connectivity index (χ0n) is 17.1. The van der Waals surface area contributed by atoms with Gasteiger partial charge in [0.05, 0.1) is 6.42 Å². The van der Waals surface area contributed by atoms with Gasteiger partial charge in [-0.05, 0) is 47.5 Å². The van der Waals surface area contributed by atoms with E-state index in [0.717, 1.165) is 0 Å². The second-order valence-corrected chi connectivity index (χ2v) is 5.27. The quantitative estimate of drug-likeness (QED) is 0.314. The summed E-state index contributed by atoms with van der Waals surface area (Å²) >= 11 is 0. The van der Waals surface area contributed by atoms with Crippen molar-refractivity contribution in [2.24, 2.45) is 0 Å². The highest BCUT2D eigenvalue weighted by Gasteiger charge is 2.05. The zero-order valence-corrected chi connectivity index (χ0v) is 17.1. The molecular weight excluding hydrogens is 372 g/mol. The van der Waals surface area contributed by atoms with Gasteiger partial charge in [-0.25, -0.2) is 0 Å². The first-order valence-electron chi connectivity index (χ1n) is 9.31. The van der Waals surface area contributed by atoms with E-state index < -0.39 is 11.6 Å². The van der Waals surface area contributed by atoms with Crippen molar-refractivity contribution in [2.75, 3.05) is 0 Å². The molecule has 0 aliphatic rings. The van der Waals surface area contributed by atoms with Gasteiger partial charge in [0.25, 0.3) is 0 Å². The zero-order chi connectivity index (χ0) is 22.4. The van der Waals surface area contributed by atoms with Crippen molar-refractivity contribution in [3.63, 3.8) is 0 Å². The molecule has 2 aromatic rings. The topological polar surface area (TPSA) is 115 Å². The molecule has 0 saturated heterocycles. The summed E-state index contributed by atoms with van der Waals surface area (Å²) in [5.41, 5.74) is 1.01. The summed E-state index contributed by atoms with van der Waals surface area (Å²) in [6.07, 6.45) is 4.95. The van der Waals surface area contributed by atoms with Gasteiger partial charge < -0.3 is 20.4 Å². The van der Waals surface area contributed by atoms with E-state index in [1.54, 1.807) is 0 Å². The monoisotopic (exact) mass is 400 g/mol. The Morgan fingerprint density at radius 3 is 1.31 bits per heavy atom. The van der Waals surface area contributed by atoms with Gasteiger partial charge in [0.2, 0.25) is 0 Å². The van der Waals surface area contributed by atoms with Crippen LogP contribution < -0.4 is 0 Å². The van der Waals surface area contributed by atoms with E-state index >= 15 is 0 Å². The van der Waals surface area contributed by atoms with Crippen molar-refractivity contribution < 1.29 is 30.0 Å². The van der Waals surface area contributed by atoms with Crippen molar-refractivity contribution in [1.82, 2.24) is 0 Å². The number of hydrogen-bond donors (Lipinski definition) is 4. The minimum atomic E-state index is -0.421. The molecule has 0 saturated carbocycles. The lowest BCUT2D eigenvalue weighted by Crippen LogP contribution is -2.01. The molecule has 0 aliphatic carbocycles. The third-order valence-electron chi connectivity index (χ3n) is 3.27. The van der Waals surface area contributed by atoms with Crippen molar-refractivity contribution in [3.05, 3.63) is 59.7 Å². The van der Waals surface area contributed by atoms with Gasteiger partial charge in [0.15, 0.2) is 34.6 Å². The van der Waals surface area contributed by atoms with Gasteiger partial charge in [-0.2, -0.15) is 0 Å². The summed E-state index contributed by atoms with van der Waals surface area (Å²) in [4.78, 5) is 23.5. The molecule has 0 radical (unpaired) electrons. The summed E-state index contributed by atoms with van der Waals surface area (Å²) < 4.78 is 0. The number of aromatic hydroxyl groups is 4. The lowest BCUT2D eigenvalue weighted by atomic mass is 10.1. The molecule has 0 amide bonds. The van der Waals surface area contributed by atoms with Crippen molar-refractivity contribution >= 4 is 23.7 Å². The Labute approximate surface area is 171 Å². The molecule has 156 valence electrons. The normalized spacial score (nSPS) is 10.1. The van der Waals surface area contributed by atoms with Crippen molar-refractivity contribution in [3.8, 4) is 23.0 Å². The fourth-order valence-corrected chi connectivity index (χ4v) is 1.96. The molecule has 29 heavy (non-hydrogen) atoms. The largest absolute Gasteiger partial charge is 0.504 e. The number of carbonyl (C=O) groups excluding carboxylic acids is 2. The van der Waals surface area contributed by atoms with E-state index in [4.69, 9.17) is 0 Å². The van der Waals surface area contributed by atoms with Crippen LogP contribution in [0.4, 0.5) is 0 Å². The Morgan fingerprint density at radius 2 is 1.00 bits per heavy atom. The van der Waals surface area contributed by atoms with Crippen LogP contribution in [0.1, 0.15) is 45.2 Å². The van der Waals surface area contributed by atoms with E-state index in [1.807, 2.05) is 27.7 Å². The number of carbonyl (C=O) groups is 2. The van der Waals surface area contributed by atoms with Gasteiger partial charge in [-0.1, -0.05) is 52.0 Å². The van der Waals surface area contributed by atoms with Crippen LogP contribution in [0.15, 0.2) is 48.6 Å². The van der Waals surface area contributed by atoms with E-state index in [2.05, 4.69) is 0 Å². The molecule has 0 aliphatic heterocycles. The highest BCUT2D eigenvalue weighted by atomic mass is 16.3. The first-order valence-corrected chi connectivity index (χ1v) is 9.31. The summed E-state index contributed by atoms with van der Waals surface area (Å²) in [5, 5.41) is 37.1. The Bertz CT molecular complexity index is 794.